The van der Waals surface area contributed by atoms with E-state index in [4.69, 9.17) is 4.80 Å². The molecule has 242 valence electrons. The molecule has 0 spiro atoms. The van der Waals surface area contributed by atoms with Crippen molar-refractivity contribution in [3.05, 3.63) is 28.1 Å². The van der Waals surface area contributed by atoms with Gasteiger partial charge in [-0.3, -0.25) is 0 Å². The van der Waals surface area contributed by atoms with Crippen molar-refractivity contribution in [1.82, 2.24) is 14.8 Å². The molecule has 0 aromatic rings. The van der Waals surface area contributed by atoms with Gasteiger partial charge in [-0.15, -0.1) is 6.04 Å². The first-order chi connectivity index (χ1) is 18.0. The van der Waals surface area contributed by atoms with E-state index in [9.17, 15) is 52.7 Å². The van der Waals surface area contributed by atoms with Crippen molar-refractivity contribution in [2.45, 2.75) is 102 Å². The van der Waals surface area contributed by atoms with Crippen LogP contribution >= 0.6 is 0 Å². The van der Waals surface area contributed by atoms with Crippen LogP contribution in [0.3, 0.4) is 0 Å². The summed E-state index contributed by atoms with van der Waals surface area (Å²) in [6.45, 7) is 10.2. The van der Waals surface area contributed by atoms with Gasteiger partial charge in [0.2, 0.25) is 0 Å². The summed E-state index contributed by atoms with van der Waals surface area (Å²) in [5, 5.41) is 0. The predicted molar refractivity (Wildman–Crippen MR) is 128 cm³/mol. The molecule has 0 aliphatic carbocycles. The molecule has 0 amide bonds. The van der Waals surface area contributed by atoms with Gasteiger partial charge in [0, 0.05) is 19.5 Å². The summed E-state index contributed by atoms with van der Waals surface area (Å²) in [7, 11) is -4.20. The number of nitrogens with zero attached hydrogens (tertiary/aromatic N) is 6. The molecule has 3 aliphatic rings. The molecule has 3 aliphatic heterocycles. The quantitative estimate of drug-likeness (QED) is 0.254. The van der Waals surface area contributed by atoms with E-state index >= 15 is 0 Å². The second kappa shape index (κ2) is 13.0. The van der Waals surface area contributed by atoms with Gasteiger partial charge in [0.1, 0.15) is 0 Å². The van der Waals surface area contributed by atoms with E-state index in [2.05, 4.69) is 16.3 Å². The largest absolute Gasteiger partial charge is 0.600 e. The summed E-state index contributed by atoms with van der Waals surface area (Å²) in [5.74, 6) is 0. The van der Waals surface area contributed by atoms with Crippen LogP contribution in [-0.4, -0.2) is 90.4 Å². The molecule has 0 aromatic heterocycles. The fraction of sp³-hybridized carbons (Fsp3) is 0.900. The van der Waals surface area contributed by atoms with E-state index in [1.54, 1.807) is 20.8 Å². The molecule has 0 aromatic carbocycles. The maximum atomic E-state index is 13.8. The minimum absolute atomic E-state index is 0. The molecule has 22 heteroatoms. The number of allylic oxidation sites excluding steroid dienone is 1. The third kappa shape index (κ3) is 10.5. The Labute approximate surface area is 249 Å². The summed E-state index contributed by atoms with van der Waals surface area (Å²) in [4.78, 5) is 8.56. The Morgan fingerprint density at radius 2 is 1.31 bits per heavy atom. The van der Waals surface area contributed by atoms with E-state index in [-0.39, 0.29) is 43.4 Å². The first-order valence-corrected chi connectivity index (χ1v) is 15.6. The number of rotatable bonds is 3. The van der Waals surface area contributed by atoms with Gasteiger partial charge in [-0.25, -0.2) is 0 Å². The molecule has 7 nitrogen and oxygen atoms in total. The molecular weight excluding hydrogens is 673 g/mol. The second-order valence-electron chi connectivity index (χ2n) is 11.8. The smallest absolute Gasteiger partial charge is 0.428 e. The Morgan fingerprint density at radius 3 is 1.67 bits per heavy atom. The van der Waals surface area contributed by atoms with Crippen molar-refractivity contribution in [3.63, 3.8) is 0 Å². The monoisotopic (exact) mass is 701 g/mol. The SMILES string of the molecule is CC(C)(C)C1CCN(B(N2[N-]C(C(F)(F)F)C=C2C(F)(F)F)N2[N-]C(C(F)(F)F)CC2C(F)(F)F)[N-]1.C[Si](C)(C)O.[Zn]. The maximum absolute atomic E-state index is 13.8. The number of hydrogen-bond donors (Lipinski definition) is 1. The van der Waals surface area contributed by atoms with Gasteiger partial charge in [-0.2, -0.15) is 52.7 Å². The Morgan fingerprint density at radius 1 is 0.810 bits per heavy atom. The molecule has 1 N–H and O–H groups in total. The van der Waals surface area contributed by atoms with Crippen LogP contribution < -0.4 is 0 Å². The minimum atomic E-state index is -5.54. The summed E-state index contributed by atoms with van der Waals surface area (Å²) in [6.07, 6.45) is -23.6. The van der Waals surface area contributed by atoms with Crippen LogP contribution in [0.5, 0.6) is 0 Å². The van der Waals surface area contributed by atoms with Crippen molar-refractivity contribution >= 4 is 15.4 Å². The van der Waals surface area contributed by atoms with Gasteiger partial charge in [-0.05, 0) is 44.7 Å². The van der Waals surface area contributed by atoms with E-state index in [0.29, 0.717) is 4.92 Å². The summed E-state index contributed by atoms with van der Waals surface area (Å²) in [5.41, 5.74) is 7.23. The van der Waals surface area contributed by atoms with Crippen molar-refractivity contribution in [3.8, 4) is 0 Å². The van der Waals surface area contributed by atoms with Crippen LogP contribution in [0.25, 0.3) is 16.3 Å². The first-order valence-electron chi connectivity index (χ1n) is 12.2. The molecule has 4 atom stereocenters. The van der Waals surface area contributed by atoms with Crippen molar-refractivity contribution < 1.29 is 77.0 Å². The molecule has 42 heavy (non-hydrogen) atoms. The average Bonchev–Trinajstić information content (AvgIpc) is 3.43. The normalized spacial score (nSPS) is 27.0. The molecule has 0 radical (unpaired) electrons. The Bertz CT molecular complexity index is 931. The zero-order chi connectivity index (χ0) is 32.1. The molecule has 0 bridgehead atoms. The maximum Gasteiger partial charge on any atom is 0.428 e. The topological polar surface area (TPSA) is 72.2 Å². The fourth-order valence-electron chi connectivity index (χ4n) is 4.04. The van der Waals surface area contributed by atoms with Crippen LogP contribution in [-0.2, 0) is 19.5 Å². The van der Waals surface area contributed by atoms with Gasteiger partial charge in [0.15, 0.2) is 8.32 Å². The van der Waals surface area contributed by atoms with Crippen molar-refractivity contribution in [2.24, 2.45) is 5.41 Å². The Kier molecular flexibility index (Phi) is 12.2. The van der Waals surface area contributed by atoms with E-state index in [1.807, 2.05) is 19.6 Å². The fourth-order valence-corrected chi connectivity index (χ4v) is 4.04. The molecular formula is C20H30BF12N6OSiZn-3. The molecule has 3 heterocycles. The third-order valence-corrected chi connectivity index (χ3v) is 5.87. The Balaban J connectivity index is 0.00000135. The van der Waals surface area contributed by atoms with E-state index in [0.717, 1.165) is 0 Å². The van der Waals surface area contributed by atoms with Gasteiger partial charge in [0.25, 0.3) is 0 Å². The molecule has 2 saturated heterocycles. The van der Waals surface area contributed by atoms with Crippen LogP contribution in [0, 0.1) is 5.41 Å². The van der Waals surface area contributed by atoms with Crippen molar-refractivity contribution in [2.75, 3.05) is 6.54 Å². The minimum Gasteiger partial charge on any atom is -0.600 e. The average molecular weight is 703 g/mol. The number of halogens is 12. The van der Waals surface area contributed by atoms with E-state index in [1.165, 1.54) is 0 Å². The zero-order valence-corrected chi connectivity index (χ0v) is 27.4. The number of hydrogen-bond acceptors (Lipinski definition) is 4. The molecule has 0 saturated carbocycles. The van der Waals surface area contributed by atoms with Gasteiger partial charge in [0.05, 0.1) is 11.7 Å². The van der Waals surface area contributed by atoms with Crippen molar-refractivity contribution in [1.29, 1.82) is 0 Å². The standard InChI is InChI=1S/C17H20BF12N6.C3H10OSi.Zn/c1-13(2,3)8-4-5-34(31-8)18(35-11(16(25,26)27)6-9(32-35)14(19,20)21)36-12(17(28,29)30)7-10(33-36)15(22,23)24;1-5(2,3)4;/h6,8-10,12H,4-5,7H2,1-3H3;4H,1-3H3;/q-3;;. The predicted octanol–water partition coefficient (Wildman–Crippen LogP) is 7.03. The van der Waals surface area contributed by atoms with Crippen LogP contribution in [0.1, 0.15) is 33.6 Å². The third-order valence-electron chi connectivity index (χ3n) is 5.87. The van der Waals surface area contributed by atoms with Gasteiger partial charge < -0.3 is 35.8 Å². The molecule has 2 fully saturated rings. The zero-order valence-electron chi connectivity index (χ0n) is 23.5. The number of alkyl halides is 12. The van der Waals surface area contributed by atoms with Crippen LogP contribution in [0.4, 0.5) is 52.7 Å². The van der Waals surface area contributed by atoms with Crippen LogP contribution in [0.2, 0.25) is 19.6 Å². The molecule has 3 rings (SSSR count). The van der Waals surface area contributed by atoms with E-state index < -0.39 is 86.8 Å². The summed E-state index contributed by atoms with van der Waals surface area (Å²) < 4.78 is 162. The van der Waals surface area contributed by atoms with Gasteiger partial charge >= 0.3 is 31.8 Å². The Hall–Kier alpha value is -0.635. The van der Waals surface area contributed by atoms with Gasteiger partial charge in [-0.1, -0.05) is 38.7 Å². The summed E-state index contributed by atoms with van der Waals surface area (Å²) in [6, 6.07) is -9.81. The van der Waals surface area contributed by atoms with Crippen LogP contribution in [0.15, 0.2) is 11.8 Å². The second-order valence-corrected chi connectivity index (χ2v) is 16.2. The summed E-state index contributed by atoms with van der Waals surface area (Å²) >= 11 is 0. The molecule has 4 unspecified atom stereocenters. The first kappa shape index (κ1) is 39.4.